The highest BCUT2D eigenvalue weighted by Crippen LogP contribution is 2.40. The van der Waals surface area contributed by atoms with Gasteiger partial charge in [0.2, 0.25) is 11.9 Å². The number of methoxy groups -OCH3 is 1. The molecule has 3 aliphatic rings. The summed E-state index contributed by atoms with van der Waals surface area (Å²) >= 11 is 6.19. The highest BCUT2D eigenvalue weighted by atomic mass is 35.5. The number of anilines is 5. The standard InChI is InChI=1S/C43H49BClF2N9O7/c1-27-22-28(2)55-36(27)25-32-9-8-31(56(32)44(55,46)47)10-13-39(57)48-14-16-61-18-20-63-21-19-62-17-15-49-41(58)29-6-11-34(38(23-29)60-5)51-43-50-26-37-40(52-43)53(3)35-12-7-30(45)24-33(35)42(59)54(37)4/h6-9,11-12,22-26H,10,13-21H2,1-5H3,(H,48,57)(H,49,58)(H,50,51,52). The van der Waals surface area contributed by atoms with E-state index in [1.54, 1.807) is 85.8 Å². The number of aryl methyl sites for hydroxylation is 2. The number of halogens is 3. The van der Waals surface area contributed by atoms with Crippen LogP contribution >= 0.6 is 11.6 Å². The summed E-state index contributed by atoms with van der Waals surface area (Å²) in [6.45, 7) is 1.83. The molecule has 4 aromatic rings. The van der Waals surface area contributed by atoms with Gasteiger partial charge >= 0.3 is 6.97 Å². The van der Waals surface area contributed by atoms with Crippen molar-refractivity contribution in [3.63, 3.8) is 0 Å². The smallest absolute Gasteiger partial charge is 0.495 e. The third-order valence-corrected chi connectivity index (χ3v) is 11.1. The zero-order valence-electron chi connectivity index (χ0n) is 35.7. The monoisotopic (exact) mass is 887 g/mol. The van der Waals surface area contributed by atoms with Crippen molar-refractivity contribution in [1.82, 2.24) is 25.1 Å². The summed E-state index contributed by atoms with van der Waals surface area (Å²) in [6.07, 6.45) is 6.92. The van der Waals surface area contributed by atoms with Crippen LogP contribution in [-0.4, -0.2) is 123 Å². The molecule has 3 aliphatic heterocycles. The van der Waals surface area contributed by atoms with Gasteiger partial charge in [-0.2, -0.15) is 4.98 Å². The van der Waals surface area contributed by atoms with E-state index in [1.807, 2.05) is 14.0 Å². The lowest BCUT2D eigenvalue weighted by Gasteiger charge is -2.30. The Balaban J connectivity index is 0.752. The second-order valence-electron chi connectivity index (χ2n) is 15.0. The molecule has 63 heavy (non-hydrogen) atoms. The van der Waals surface area contributed by atoms with Crippen molar-refractivity contribution in [2.24, 2.45) is 0 Å². The third-order valence-electron chi connectivity index (χ3n) is 10.9. The van der Waals surface area contributed by atoms with Crippen LogP contribution in [0.3, 0.4) is 0 Å². The van der Waals surface area contributed by atoms with Crippen LogP contribution < -0.4 is 30.5 Å². The number of amides is 3. The van der Waals surface area contributed by atoms with Gasteiger partial charge in [-0.25, -0.2) is 4.98 Å². The molecule has 0 saturated heterocycles. The SMILES string of the molecule is COc1cc(C(=O)NCCOCCOCCOCCNC(=O)CCC2=[N+]3C(=Cc4c(C)cc(C)n4[B-]3(F)F)C=C2)ccc1Nc1ncc2c(n1)N(C)c1ccc(Cl)cc1C(=O)N2C. The predicted molar refractivity (Wildman–Crippen MR) is 237 cm³/mol. The average Bonchev–Trinajstić information content (AvgIpc) is 3.81. The maximum Gasteiger partial charge on any atom is 0.737 e. The predicted octanol–water partition coefficient (Wildman–Crippen LogP) is 5.64. The van der Waals surface area contributed by atoms with E-state index < -0.39 is 6.97 Å². The molecule has 332 valence electrons. The molecule has 0 fully saturated rings. The van der Waals surface area contributed by atoms with E-state index in [2.05, 4.69) is 20.9 Å². The number of ether oxygens (including phenoxy) is 4. The maximum absolute atomic E-state index is 15.6. The van der Waals surface area contributed by atoms with Crippen LogP contribution in [0.5, 0.6) is 5.75 Å². The fourth-order valence-corrected chi connectivity index (χ4v) is 7.88. The lowest BCUT2D eigenvalue weighted by molar-refractivity contribution is -0.362. The number of nitrogens with one attached hydrogen (secondary N) is 3. The van der Waals surface area contributed by atoms with E-state index in [-0.39, 0.29) is 62.8 Å². The molecule has 20 heteroatoms. The lowest BCUT2D eigenvalue weighted by Crippen LogP contribution is -2.50. The van der Waals surface area contributed by atoms with Crippen LogP contribution in [0, 0.1) is 13.8 Å². The second kappa shape index (κ2) is 19.5. The van der Waals surface area contributed by atoms with Gasteiger partial charge in [0, 0.05) is 74.5 Å². The topological polar surface area (TPSA) is 164 Å². The van der Waals surface area contributed by atoms with E-state index >= 15 is 8.63 Å². The first kappa shape index (κ1) is 44.9. The molecule has 0 aliphatic carbocycles. The number of carbonyl (C=O) groups excluding carboxylic acids is 3. The van der Waals surface area contributed by atoms with Crippen molar-refractivity contribution in [3.05, 3.63) is 99.6 Å². The molecule has 2 aromatic carbocycles. The van der Waals surface area contributed by atoms with E-state index in [0.29, 0.717) is 94.0 Å². The number of allylic oxidation sites excluding steroid dienone is 2. The van der Waals surface area contributed by atoms with Gasteiger partial charge in [0.25, 0.3) is 11.8 Å². The lowest BCUT2D eigenvalue weighted by atomic mass is 9.90. The normalized spacial score (nSPS) is 14.7. The largest absolute Gasteiger partial charge is 0.737 e. The minimum Gasteiger partial charge on any atom is -0.495 e. The first-order valence-corrected chi connectivity index (χ1v) is 20.8. The molecule has 16 nitrogen and oxygen atoms in total. The molecule has 7 rings (SSSR count). The Hall–Kier alpha value is -6.15. The summed E-state index contributed by atoms with van der Waals surface area (Å²) in [7, 11) is 4.96. The van der Waals surface area contributed by atoms with Crippen molar-refractivity contribution in [3.8, 4) is 5.75 Å². The Labute approximate surface area is 368 Å². The number of carbonyl (C=O) groups is 3. The molecule has 0 spiro atoms. The summed E-state index contributed by atoms with van der Waals surface area (Å²) in [5.41, 5.74) is 5.17. The Morgan fingerprint density at radius 2 is 1.60 bits per heavy atom. The summed E-state index contributed by atoms with van der Waals surface area (Å²) in [5.74, 6) is 0.350. The van der Waals surface area contributed by atoms with Crippen LogP contribution in [0.15, 0.2) is 66.5 Å². The van der Waals surface area contributed by atoms with E-state index in [0.717, 1.165) is 14.5 Å². The quantitative estimate of drug-likeness (QED) is 0.0790. The zero-order chi connectivity index (χ0) is 44.8. The van der Waals surface area contributed by atoms with Crippen LogP contribution in [0.4, 0.5) is 37.5 Å². The van der Waals surface area contributed by atoms with E-state index in [4.69, 9.17) is 35.5 Å². The molecular weight excluding hydrogens is 839 g/mol. The number of aromatic nitrogens is 3. The molecule has 3 N–H and O–H groups in total. The molecule has 0 atom stereocenters. The second-order valence-corrected chi connectivity index (χ2v) is 15.5. The number of hydrogen-bond acceptors (Lipinski definition) is 11. The first-order valence-electron chi connectivity index (χ1n) is 20.5. The molecule has 0 unspecified atom stereocenters. The van der Waals surface area contributed by atoms with E-state index in [1.165, 1.54) is 12.0 Å². The Kier molecular flexibility index (Phi) is 13.9. The van der Waals surface area contributed by atoms with E-state index in [9.17, 15) is 14.4 Å². The number of benzene rings is 2. The molecule has 0 saturated carbocycles. The van der Waals surface area contributed by atoms with Crippen LogP contribution in [0.25, 0.3) is 6.08 Å². The fraction of sp³-hybridized carbons (Fsp3) is 0.349. The number of nitrogens with zero attached hydrogens (tertiary/aromatic N) is 6. The number of hydrogen-bond donors (Lipinski definition) is 3. The molecule has 3 amide bonds. The van der Waals surface area contributed by atoms with Crippen molar-refractivity contribution >= 4 is 76.9 Å². The molecule has 0 bridgehead atoms. The van der Waals surface area contributed by atoms with Crippen LogP contribution in [0.2, 0.25) is 5.02 Å². The van der Waals surface area contributed by atoms with Crippen molar-refractivity contribution < 1.29 is 46.4 Å². The zero-order valence-corrected chi connectivity index (χ0v) is 36.4. The van der Waals surface area contributed by atoms with Gasteiger partial charge in [-0.05, 0) is 67.6 Å². The van der Waals surface area contributed by atoms with Gasteiger partial charge in [-0.15, -0.1) is 0 Å². The Morgan fingerprint density at radius 3 is 2.33 bits per heavy atom. The van der Waals surface area contributed by atoms with Gasteiger partial charge in [-0.3, -0.25) is 14.4 Å². The highest BCUT2D eigenvalue weighted by Gasteiger charge is 2.52. The minimum atomic E-state index is -4.06. The summed E-state index contributed by atoms with van der Waals surface area (Å²) < 4.78 is 55.5. The fourth-order valence-electron chi connectivity index (χ4n) is 7.71. The molecule has 2 aromatic heterocycles. The highest BCUT2D eigenvalue weighted by molar-refractivity contribution is 6.58. The van der Waals surface area contributed by atoms with Crippen LogP contribution in [0.1, 0.15) is 50.5 Å². The molecular formula is C43H49BClF2N9O7. The van der Waals surface area contributed by atoms with Crippen LogP contribution in [-0.2, 0) is 19.0 Å². The number of fused-ring (bicyclic) bond motifs is 4. The summed E-state index contributed by atoms with van der Waals surface area (Å²) in [5, 5.41) is 9.20. The van der Waals surface area contributed by atoms with Gasteiger partial charge < -0.3 is 62.3 Å². The van der Waals surface area contributed by atoms with Gasteiger partial charge in [0.05, 0.1) is 69.9 Å². The van der Waals surface area contributed by atoms with Crippen molar-refractivity contribution in [2.75, 3.05) is 89.1 Å². The van der Waals surface area contributed by atoms with Gasteiger partial charge in [0.1, 0.15) is 17.1 Å². The molecule has 0 radical (unpaired) electrons. The van der Waals surface area contributed by atoms with Crippen molar-refractivity contribution in [1.29, 1.82) is 0 Å². The third kappa shape index (κ3) is 9.76. The average molecular weight is 888 g/mol. The molecule has 5 heterocycles. The number of rotatable bonds is 19. The Morgan fingerprint density at radius 1 is 0.889 bits per heavy atom. The minimum absolute atomic E-state index is 0.0726. The van der Waals surface area contributed by atoms with Gasteiger partial charge in [-0.1, -0.05) is 11.6 Å². The summed E-state index contributed by atoms with van der Waals surface area (Å²) in [6, 6.07) is 11.8. The van der Waals surface area contributed by atoms with Gasteiger partial charge in [0.15, 0.2) is 11.5 Å². The Bertz CT molecular complexity index is 2510. The maximum atomic E-state index is 15.6. The first-order chi connectivity index (χ1) is 30.3. The van der Waals surface area contributed by atoms with Crippen molar-refractivity contribution in [2.45, 2.75) is 26.7 Å². The summed E-state index contributed by atoms with van der Waals surface area (Å²) in [4.78, 5) is 51.0.